The van der Waals surface area contributed by atoms with Gasteiger partial charge in [-0.3, -0.25) is 0 Å². The average molecular weight is 264 g/mol. The van der Waals surface area contributed by atoms with E-state index in [2.05, 4.69) is 23.3 Å². The Labute approximate surface area is 112 Å². The van der Waals surface area contributed by atoms with Crippen molar-refractivity contribution in [2.75, 3.05) is 18.5 Å². The molecule has 1 aliphatic rings. The van der Waals surface area contributed by atoms with Gasteiger partial charge in [-0.2, -0.15) is 0 Å². The van der Waals surface area contributed by atoms with Gasteiger partial charge in [-0.05, 0) is 30.4 Å². The summed E-state index contributed by atoms with van der Waals surface area (Å²) in [7, 11) is 2.11. The lowest BCUT2D eigenvalue weighted by atomic mass is 10.3. The van der Waals surface area contributed by atoms with Gasteiger partial charge >= 0.3 is 0 Å². The van der Waals surface area contributed by atoms with Gasteiger partial charge in [0.2, 0.25) is 0 Å². The molecule has 1 aliphatic carbocycles. The van der Waals surface area contributed by atoms with E-state index in [1.807, 2.05) is 24.4 Å². The Kier molecular flexibility index (Phi) is 2.94. The SMILES string of the molecule is CC1CC1CN(C)c1nc2ccccn2c1CCl. The molecule has 0 amide bonds. The van der Waals surface area contributed by atoms with Gasteiger partial charge in [0.05, 0.1) is 11.6 Å². The minimum Gasteiger partial charge on any atom is -0.358 e. The van der Waals surface area contributed by atoms with Crippen molar-refractivity contribution in [1.82, 2.24) is 9.38 Å². The molecule has 18 heavy (non-hydrogen) atoms. The fraction of sp³-hybridized carbons (Fsp3) is 0.500. The number of alkyl halides is 1. The number of nitrogens with zero attached hydrogens (tertiary/aromatic N) is 3. The second kappa shape index (κ2) is 4.47. The van der Waals surface area contributed by atoms with E-state index in [0.29, 0.717) is 5.88 Å². The minimum atomic E-state index is 0.491. The van der Waals surface area contributed by atoms with E-state index < -0.39 is 0 Å². The number of anilines is 1. The third kappa shape index (κ3) is 1.97. The van der Waals surface area contributed by atoms with Crippen LogP contribution < -0.4 is 4.90 Å². The van der Waals surface area contributed by atoms with Crippen molar-refractivity contribution >= 4 is 23.1 Å². The summed E-state index contributed by atoms with van der Waals surface area (Å²) in [4.78, 5) is 6.94. The lowest BCUT2D eigenvalue weighted by molar-refractivity contribution is 0.719. The molecule has 0 bridgehead atoms. The number of rotatable bonds is 4. The van der Waals surface area contributed by atoms with E-state index in [-0.39, 0.29) is 0 Å². The van der Waals surface area contributed by atoms with Crippen LogP contribution in [0.2, 0.25) is 0 Å². The van der Waals surface area contributed by atoms with Crippen LogP contribution in [-0.4, -0.2) is 23.0 Å². The Balaban J connectivity index is 1.94. The highest BCUT2D eigenvalue weighted by molar-refractivity contribution is 6.17. The summed E-state index contributed by atoms with van der Waals surface area (Å²) in [5, 5.41) is 0. The smallest absolute Gasteiger partial charge is 0.152 e. The van der Waals surface area contributed by atoms with Gasteiger partial charge in [-0.15, -0.1) is 11.6 Å². The lowest BCUT2D eigenvalue weighted by Crippen LogP contribution is -2.22. The Bertz CT molecular complexity index is 563. The van der Waals surface area contributed by atoms with Crippen LogP contribution in [0.25, 0.3) is 5.65 Å². The van der Waals surface area contributed by atoms with Gasteiger partial charge in [0.25, 0.3) is 0 Å². The number of halogens is 1. The molecule has 3 nitrogen and oxygen atoms in total. The number of hydrogen-bond acceptors (Lipinski definition) is 2. The molecule has 2 unspecified atom stereocenters. The molecule has 3 rings (SSSR count). The molecule has 2 aromatic rings. The molecule has 2 heterocycles. The second-order valence-electron chi connectivity index (χ2n) is 5.30. The van der Waals surface area contributed by atoms with Crippen LogP contribution in [0.3, 0.4) is 0 Å². The van der Waals surface area contributed by atoms with E-state index >= 15 is 0 Å². The number of imidazole rings is 1. The molecule has 2 atom stereocenters. The molecule has 96 valence electrons. The molecule has 4 heteroatoms. The number of aromatic nitrogens is 2. The van der Waals surface area contributed by atoms with Crippen LogP contribution in [0.1, 0.15) is 19.0 Å². The van der Waals surface area contributed by atoms with Gasteiger partial charge < -0.3 is 9.30 Å². The zero-order valence-corrected chi connectivity index (χ0v) is 11.6. The van der Waals surface area contributed by atoms with Crippen LogP contribution in [0.4, 0.5) is 5.82 Å². The van der Waals surface area contributed by atoms with E-state index in [9.17, 15) is 0 Å². The van der Waals surface area contributed by atoms with Crippen molar-refractivity contribution < 1.29 is 0 Å². The fourth-order valence-corrected chi connectivity index (χ4v) is 2.80. The third-order valence-corrected chi connectivity index (χ3v) is 4.13. The van der Waals surface area contributed by atoms with E-state index in [1.54, 1.807) is 0 Å². The molecule has 0 N–H and O–H groups in total. The highest BCUT2D eigenvalue weighted by atomic mass is 35.5. The van der Waals surface area contributed by atoms with Crippen molar-refractivity contribution in [3.05, 3.63) is 30.1 Å². The molecule has 2 aromatic heterocycles. The van der Waals surface area contributed by atoms with Crippen LogP contribution in [0.15, 0.2) is 24.4 Å². The normalized spacial score (nSPS) is 22.4. The van der Waals surface area contributed by atoms with E-state index in [4.69, 9.17) is 16.6 Å². The summed E-state index contributed by atoms with van der Waals surface area (Å²) in [6.45, 7) is 3.39. The molecule has 0 saturated heterocycles. The van der Waals surface area contributed by atoms with Crippen LogP contribution in [0, 0.1) is 11.8 Å². The van der Waals surface area contributed by atoms with Crippen molar-refractivity contribution in [2.24, 2.45) is 11.8 Å². The predicted octanol–water partition coefficient (Wildman–Crippen LogP) is 3.17. The van der Waals surface area contributed by atoms with Gasteiger partial charge in [-0.25, -0.2) is 4.98 Å². The van der Waals surface area contributed by atoms with Crippen LogP contribution >= 0.6 is 11.6 Å². The van der Waals surface area contributed by atoms with Crippen molar-refractivity contribution in [3.8, 4) is 0 Å². The number of pyridine rings is 1. The molecular formula is C14H18ClN3. The van der Waals surface area contributed by atoms with Gasteiger partial charge in [0, 0.05) is 19.8 Å². The summed E-state index contributed by atoms with van der Waals surface area (Å²) >= 11 is 6.09. The highest BCUT2D eigenvalue weighted by Gasteiger charge is 2.34. The Morgan fingerprint density at radius 1 is 1.50 bits per heavy atom. The minimum absolute atomic E-state index is 0.491. The molecular weight excluding hydrogens is 246 g/mol. The molecule has 1 saturated carbocycles. The molecule has 1 fully saturated rings. The van der Waals surface area contributed by atoms with Gasteiger partial charge in [0.15, 0.2) is 5.82 Å². The summed E-state index contributed by atoms with van der Waals surface area (Å²) in [5.74, 6) is 3.20. The average Bonchev–Trinajstić information content (AvgIpc) is 2.93. The highest BCUT2D eigenvalue weighted by Crippen LogP contribution is 2.39. The quantitative estimate of drug-likeness (QED) is 0.790. The van der Waals surface area contributed by atoms with Crippen molar-refractivity contribution in [2.45, 2.75) is 19.2 Å². The Hall–Kier alpha value is -1.22. The largest absolute Gasteiger partial charge is 0.358 e. The summed E-state index contributed by atoms with van der Waals surface area (Å²) < 4.78 is 2.08. The third-order valence-electron chi connectivity index (χ3n) is 3.88. The first-order valence-electron chi connectivity index (χ1n) is 6.43. The maximum absolute atomic E-state index is 6.09. The monoisotopic (exact) mass is 263 g/mol. The zero-order valence-electron chi connectivity index (χ0n) is 10.8. The summed E-state index contributed by atoms with van der Waals surface area (Å²) in [6, 6.07) is 6.04. The molecule has 0 aliphatic heterocycles. The van der Waals surface area contributed by atoms with Crippen LogP contribution in [0.5, 0.6) is 0 Å². The predicted molar refractivity (Wildman–Crippen MR) is 75.3 cm³/mol. The van der Waals surface area contributed by atoms with Crippen molar-refractivity contribution in [1.29, 1.82) is 0 Å². The first-order chi connectivity index (χ1) is 8.70. The number of fused-ring (bicyclic) bond motifs is 1. The fourth-order valence-electron chi connectivity index (χ4n) is 2.56. The molecule has 0 radical (unpaired) electrons. The Morgan fingerprint density at radius 2 is 2.28 bits per heavy atom. The topological polar surface area (TPSA) is 20.5 Å². The lowest BCUT2D eigenvalue weighted by Gasteiger charge is -2.17. The first kappa shape index (κ1) is 11.8. The zero-order chi connectivity index (χ0) is 12.7. The van der Waals surface area contributed by atoms with Crippen LogP contribution in [-0.2, 0) is 5.88 Å². The van der Waals surface area contributed by atoms with Gasteiger partial charge in [0.1, 0.15) is 5.65 Å². The van der Waals surface area contributed by atoms with E-state index in [0.717, 1.165) is 35.5 Å². The molecule has 0 spiro atoms. The maximum Gasteiger partial charge on any atom is 0.152 e. The number of hydrogen-bond donors (Lipinski definition) is 0. The van der Waals surface area contributed by atoms with Crippen molar-refractivity contribution in [3.63, 3.8) is 0 Å². The van der Waals surface area contributed by atoms with E-state index in [1.165, 1.54) is 6.42 Å². The second-order valence-corrected chi connectivity index (χ2v) is 5.57. The molecule has 0 aromatic carbocycles. The summed E-state index contributed by atoms with van der Waals surface area (Å²) in [6.07, 6.45) is 3.37. The van der Waals surface area contributed by atoms with Gasteiger partial charge in [-0.1, -0.05) is 13.0 Å². The first-order valence-corrected chi connectivity index (χ1v) is 6.97. The summed E-state index contributed by atoms with van der Waals surface area (Å²) in [5.41, 5.74) is 2.06. The standard InChI is InChI=1S/C14H18ClN3/c1-10-7-11(10)9-17(2)14-12(8-15)18-6-4-3-5-13(18)16-14/h3-6,10-11H,7-9H2,1-2H3. The maximum atomic E-state index is 6.09. The Morgan fingerprint density at radius 3 is 2.94 bits per heavy atom.